The van der Waals surface area contributed by atoms with Gasteiger partial charge in [0.1, 0.15) is 35.6 Å². The third-order valence-electron chi connectivity index (χ3n) is 7.69. The minimum absolute atomic E-state index is 0.00103. The van der Waals surface area contributed by atoms with Crippen LogP contribution < -0.4 is 9.47 Å². The lowest BCUT2D eigenvalue weighted by Crippen LogP contribution is -2.58. The lowest BCUT2D eigenvalue weighted by atomic mass is 9.79. The van der Waals surface area contributed by atoms with Gasteiger partial charge < -0.3 is 39.7 Å². The molecule has 39 heavy (non-hydrogen) atoms. The van der Waals surface area contributed by atoms with Crippen molar-refractivity contribution in [2.75, 3.05) is 0 Å². The van der Waals surface area contributed by atoms with Crippen molar-refractivity contribution in [3.8, 4) is 17.2 Å². The second kappa shape index (κ2) is 10.3. The van der Waals surface area contributed by atoms with Crippen LogP contribution in [0.5, 0.6) is 17.2 Å². The Morgan fingerprint density at radius 2 is 1.64 bits per heavy atom. The van der Waals surface area contributed by atoms with E-state index in [0.717, 1.165) is 12.8 Å². The van der Waals surface area contributed by atoms with Gasteiger partial charge >= 0.3 is 5.97 Å². The standard InChI is InChI=1S/C28H30O11/c1-11-22(31)26(35)27(36)28(37-11)39-18-9-17-21(25(34)20(18)13-5-3-4-6-13)24(33)19-14(10-29)7-15(38-12(2)30)8-16(19)23(17)32/h7-9,11,13,22,26-29,31,34-36H,3-6,10H2,1-2H3/t11-,22-,26-,27-,28-/m1/s1. The number of rotatable bonds is 5. The molecular weight excluding hydrogens is 512 g/mol. The highest BCUT2D eigenvalue weighted by atomic mass is 16.7. The minimum Gasteiger partial charge on any atom is -0.507 e. The molecule has 2 aromatic rings. The van der Waals surface area contributed by atoms with Crippen molar-refractivity contribution in [1.29, 1.82) is 0 Å². The van der Waals surface area contributed by atoms with Crippen LogP contribution in [-0.4, -0.2) is 73.8 Å². The van der Waals surface area contributed by atoms with Crippen molar-refractivity contribution in [2.24, 2.45) is 0 Å². The summed E-state index contributed by atoms with van der Waals surface area (Å²) < 4.78 is 16.6. The van der Waals surface area contributed by atoms with E-state index in [1.165, 1.54) is 32.0 Å². The maximum atomic E-state index is 13.7. The van der Waals surface area contributed by atoms with E-state index in [4.69, 9.17) is 14.2 Å². The summed E-state index contributed by atoms with van der Waals surface area (Å²) in [5, 5.41) is 52.3. The number of hydrogen-bond acceptors (Lipinski definition) is 11. The first kappa shape index (κ1) is 27.2. The Kier molecular flexibility index (Phi) is 7.21. The molecule has 1 saturated heterocycles. The van der Waals surface area contributed by atoms with Crippen LogP contribution in [0.15, 0.2) is 18.2 Å². The monoisotopic (exact) mass is 542 g/mol. The predicted octanol–water partition coefficient (Wildman–Crippen LogP) is 1.45. The normalized spacial score (nSPS) is 26.8. The molecule has 2 aliphatic carbocycles. The maximum absolute atomic E-state index is 13.7. The highest BCUT2D eigenvalue weighted by molar-refractivity contribution is 6.30. The molecule has 11 nitrogen and oxygen atoms in total. The smallest absolute Gasteiger partial charge is 0.308 e. The van der Waals surface area contributed by atoms with Crippen LogP contribution in [0, 0.1) is 0 Å². The first-order valence-corrected chi connectivity index (χ1v) is 12.8. The lowest BCUT2D eigenvalue weighted by molar-refractivity contribution is -0.268. The van der Waals surface area contributed by atoms with Crippen molar-refractivity contribution >= 4 is 17.5 Å². The van der Waals surface area contributed by atoms with Gasteiger partial charge in [0, 0.05) is 29.2 Å². The van der Waals surface area contributed by atoms with Gasteiger partial charge in [-0.2, -0.15) is 0 Å². The molecule has 0 spiro atoms. The molecular formula is C28H30O11. The van der Waals surface area contributed by atoms with Gasteiger partial charge in [0.25, 0.3) is 0 Å². The summed E-state index contributed by atoms with van der Waals surface area (Å²) >= 11 is 0. The van der Waals surface area contributed by atoms with Gasteiger partial charge in [-0.1, -0.05) is 12.8 Å². The molecule has 2 fully saturated rings. The Morgan fingerprint density at radius 3 is 2.28 bits per heavy atom. The quantitative estimate of drug-likeness (QED) is 0.233. The largest absolute Gasteiger partial charge is 0.507 e. The number of carbonyl (C=O) groups is 3. The summed E-state index contributed by atoms with van der Waals surface area (Å²) in [5.41, 5.74) is -0.271. The fourth-order valence-electron chi connectivity index (χ4n) is 5.75. The van der Waals surface area contributed by atoms with E-state index >= 15 is 0 Å². The van der Waals surface area contributed by atoms with Gasteiger partial charge in [-0.25, -0.2) is 0 Å². The van der Waals surface area contributed by atoms with E-state index in [1.807, 2.05) is 0 Å². The van der Waals surface area contributed by atoms with Crippen LogP contribution in [0.25, 0.3) is 0 Å². The van der Waals surface area contributed by atoms with Crippen molar-refractivity contribution in [3.63, 3.8) is 0 Å². The summed E-state index contributed by atoms with van der Waals surface area (Å²) in [6.07, 6.45) is -3.77. The molecule has 5 rings (SSSR count). The number of aliphatic hydroxyl groups is 4. The van der Waals surface area contributed by atoms with E-state index in [-0.39, 0.29) is 50.8 Å². The first-order chi connectivity index (χ1) is 18.5. The zero-order valence-electron chi connectivity index (χ0n) is 21.4. The lowest BCUT2D eigenvalue weighted by Gasteiger charge is -2.39. The van der Waals surface area contributed by atoms with Gasteiger partial charge in [-0.15, -0.1) is 0 Å². The van der Waals surface area contributed by atoms with Crippen molar-refractivity contribution in [1.82, 2.24) is 0 Å². The molecule has 3 aliphatic rings. The number of aliphatic hydroxyl groups excluding tert-OH is 4. The van der Waals surface area contributed by atoms with Gasteiger partial charge in [0.05, 0.1) is 18.3 Å². The molecule has 5 N–H and O–H groups in total. The van der Waals surface area contributed by atoms with Crippen LogP contribution in [0.1, 0.15) is 88.4 Å². The second-order valence-corrected chi connectivity index (χ2v) is 10.3. The fraction of sp³-hybridized carbons (Fsp3) is 0.464. The third-order valence-corrected chi connectivity index (χ3v) is 7.69. The third kappa shape index (κ3) is 4.60. The molecule has 208 valence electrons. The average Bonchev–Trinajstić information content (AvgIpc) is 3.42. The molecule has 0 radical (unpaired) electrons. The maximum Gasteiger partial charge on any atom is 0.308 e. The summed E-state index contributed by atoms with van der Waals surface area (Å²) in [6.45, 7) is 2.05. The number of phenols is 1. The number of fused-ring (bicyclic) bond motifs is 2. The molecule has 1 saturated carbocycles. The Morgan fingerprint density at radius 1 is 0.974 bits per heavy atom. The van der Waals surface area contributed by atoms with Crippen LogP contribution in [-0.2, 0) is 16.1 Å². The average molecular weight is 543 g/mol. The number of ether oxygens (including phenoxy) is 3. The zero-order chi connectivity index (χ0) is 28.2. The predicted molar refractivity (Wildman–Crippen MR) is 133 cm³/mol. The van der Waals surface area contributed by atoms with Crippen molar-refractivity contribution in [3.05, 3.63) is 51.6 Å². The summed E-state index contributed by atoms with van der Waals surface area (Å²) in [4.78, 5) is 38.9. The van der Waals surface area contributed by atoms with Gasteiger partial charge in [-0.05, 0) is 49.4 Å². The Balaban J connectivity index is 1.65. The summed E-state index contributed by atoms with van der Waals surface area (Å²) in [5.74, 6) is -2.69. The molecule has 0 bridgehead atoms. The van der Waals surface area contributed by atoms with Crippen molar-refractivity contribution < 1.29 is 54.1 Å². The Labute approximate surface area is 223 Å². The topological polar surface area (TPSA) is 180 Å². The summed E-state index contributed by atoms with van der Waals surface area (Å²) in [6, 6.07) is 3.83. The van der Waals surface area contributed by atoms with Crippen LogP contribution >= 0.6 is 0 Å². The SMILES string of the molecule is CC(=O)Oc1cc(CO)c2c(c1)C(=O)c1cc(O[C@H]3O[C@H](C)[C@@H](O)[C@@H](O)[C@H]3O)c(C3CCCC3)c(O)c1C2=O. The Bertz CT molecular complexity index is 1340. The number of hydrogen-bond donors (Lipinski definition) is 5. The molecule has 0 aromatic heterocycles. The number of aromatic hydroxyl groups is 1. The zero-order valence-corrected chi connectivity index (χ0v) is 21.4. The van der Waals surface area contributed by atoms with Crippen LogP contribution in [0.3, 0.4) is 0 Å². The fourth-order valence-corrected chi connectivity index (χ4v) is 5.75. The molecule has 0 unspecified atom stereocenters. The van der Waals surface area contributed by atoms with Gasteiger partial charge in [-0.3, -0.25) is 14.4 Å². The molecule has 11 heteroatoms. The van der Waals surface area contributed by atoms with Crippen LogP contribution in [0.2, 0.25) is 0 Å². The number of ketones is 2. The Hall–Kier alpha value is -3.35. The van der Waals surface area contributed by atoms with Gasteiger partial charge in [0.2, 0.25) is 6.29 Å². The van der Waals surface area contributed by atoms with Crippen molar-refractivity contribution in [2.45, 2.75) is 82.8 Å². The highest BCUT2D eigenvalue weighted by Crippen LogP contribution is 2.49. The number of carbonyl (C=O) groups excluding carboxylic acids is 3. The molecule has 1 aliphatic heterocycles. The minimum atomic E-state index is -1.64. The number of phenolic OH excluding ortho intramolecular Hbond substituents is 1. The number of benzene rings is 2. The molecule has 0 amide bonds. The van der Waals surface area contributed by atoms with Crippen LogP contribution in [0.4, 0.5) is 0 Å². The van der Waals surface area contributed by atoms with E-state index in [0.29, 0.717) is 12.8 Å². The van der Waals surface area contributed by atoms with E-state index in [2.05, 4.69) is 0 Å². The molecule has 1 heterocycles. The van der Waals surface area contributed by atoms with Gasteiger partial charge in [0.15, 0.2) is 11.6 Å². The number of esters is 1. The molecule has 2 aromatic carbocycles. The summed E-state index contributed by atoms with van der Waals surface area (Å²) in [7, 11) is 0. The van der Waals surface area contributed by atoms with E-state index < -0.39 is 60.6 Å². The highest BCUT2D eigenvalue weighted by Gasteiger charge is 2.45. The molecule has 5 atom stereocenters. The second-order valence-electron chi connectivity index (χ2n) is 10.3. The van der Waals surface area contributed by atoms with E-state index in [9.17, 15) is 39.9 Å². The van der Waals surface area contributed by atoms with E-state index in [1.54, 1.807) is 0 Å². The first-order valence-electron chi connectivity index (χ1n) is 12.8.